The summed E-state index contributed by atoms with van der Waals surface area (Å²) >= 11 is 0. The first-order valence-electron chi connectivity index (χ1n) is 13.9. The van der Waals surface area contributed by atoms with E-state index in [9.17, 15) is 9.59 Å². The van der Waals surface area contributed by atoms with Gasteiger partial charge >= 0.3 is 5.97 Å². The quantitative estimate of drug-likeness (QED) is 0.151. The number of para-hydroxylation sites is 1. The first-order chi connectivity index (χ1) is 20.3. The van der Waals surface area contributed by atoms with Crippen LogP contribution in [0.5, 0.6) is 11.5 Å². The number of rotatable bonds is 9. The molecular weight excluding hydrogens is 530 g/mol. The molecule has 0 atom stereocenters. The van der Waals surface area contributed by atoms with Gasteiger partial charge in [-0.25, -0.2) is 9.78 Å². The van der Waals surface area contributed by atoms with Crippen LogP contribution in [0.3, 0.4) is 0 Å². The summed E-state index contributed by atoms with van der Waals surface area (Å²) in [7, 11) is 1.65. The zero-order valence-corrected chi connectivity index (χ0v) is 24.4. The van der Waals surface area contributed by atoms with Gasteiger partial charge in [0.15, 0.2) is 12.4 Å². The Kier molecular flexibility index (Phi) is 8.33. The Balaban J connectivity index is 1.72. The van der Waals surface area contributed by atoms with Crippen molar-refractivity contribution in [3.8, 4) is 22.9 Å². The highest BCUT2D eigenvalue weighted by Crippen LogP contribution is 2.34. The molecule has 5 rings (SSSR count). The third-order valence-corrected chi connectivity index (χ3v) is 7.08. The second-order valence-corrected chi connectivity index (χ2v) is 10.2. The highest BCUT2D eigenvalue weighted by Gasteiger charge is 2.19. The molecule has 0 bridgehead atoms. The molecule has 4 aromatic carbocycles. The van der Waals surface area contributed by atoms with Crippen LogP contribution in [0.1, 0.15) is 43.4 Å². The summed E-state index contributed by atoms with van der Waals surface area (Å²) in [4.78, 5) is 30.9. The third-order valence-electron chi connectivity index (χ3n) is 7.08. The molecule has 8 nitrogen and oxygen atoms in total. The monoisotopic (exact) mass is 563 g/mol. The molecule has 0 aliphatic rings. The van der Waals surface area contributed by atoms with Crippen LogP contribution < -0.4 is 15.0 Å². The van der Waals surface area contributed by atoms with E-state index in [1.807, 2.05) is 61.5 Å². The first kappa shape index (κ1) is 28.5. The second kappa shape index (κ2) is 12.3. The van der Waals surface area contributed by atoms with Gasteiger partial charge in [0, 0.05) is 11.1 Å². The molecule has 42 heavy (non-hydrogen) atoms. The molecular formula is C34H33N3O5. The van der Waals surface area contributed by atoms with Crippen molar-refractivity contribution in [2.24, 2.45) is 5.10 Å². The van der Waals surface area contributed by atoms with Gasteiger partial charge < -0.3 is 14.2 Å². The number of hydrogen-bond donors (Lipinski definition) is 0. The van der Waals surface area contributed by atoms with Crippen molar-refractivity contribution >= 4 is 33.9 Å². The summed E-state index contributed by atoms with van der Waals surface area (Å²) in [5.74, 6) is 1.34. The number of benzene rings is 4. The molecule has 0 N–H and O–H groups in total. The average molecular weight is 564 g/mol. The maximum absolute atomic E-state index is 13.9. The summed E-state index contributed by atoms with van der Waals surface area (Å²) in [5, 5.41) is 6.99. The molecule has 8 heteroatoms. The molecule has 1 heterocycles. The number of aromatic nitrogens is 2. The Bertz CT molecular complexity index is 1870. The number of fused-ring (bicyclic) bond motifs is 2. The maximum atomic E-state index is 13.9. The third kappa shape index (κ3) is 5.61. The summed E-state index contributed by atoms with van der Waals surface area (Å²) in [5.41, 5.74) is 3.57. The lowest BCUT2D eigenvalue weighted by molar-refractivity contribution is -0.145. The van der Waals surface area contributed by atoms with Gasteiger partial charge in [-0.15, -0.1) is 0 Å². The maximum Gasteiger partial charge on any atom is 0.344 e. The fraction of sp³-hybridized carbons (Fsp3) is 0.235. The molecule has 0 unspecified atom stereocenters. The van der Waals surface area contributed by atoms with Gasteiger partial charge in [-0.2, -0.15) is 9.78 Å². The van der Waals surface area contributed by atoms with Gasteiger partial charge in [0.1, 0.15) is 11.5 Å². The summed E-state index contributed by atoms with van der Waals surface area (Å²) in [6.07, 6.45) is 1.59. The van der Waals surface area contributed by atoms with Crippen LogP contribution in [0, 0.1) is 6.92 Å². The van der Waals surface area contributed by atoms with Crippen LogP contribution in [0.2, 0.25) is 0 Å². The lowest BCUT2D eigenvalue weighted by atomic mass is 9.96. The van der Waals surface area contributed by atoms with Crippen molar-refractivity contribution in [3.63, 3.8) is 0 Å². The SMILES string of the molecule is CCOC(=O)COc1ccc2ccccc2c1C=Nn1c(-c2cc(C(C)C)c(OC)cc2C)nc2ccccc2c1=O. The van der Waals surface area contributed by atoms with Crippen LogP contribution in [0.25, 0.3) is 33.1 Å². The van der Waals surface area contributed by atoms with E-state index in [1.165, 1.54) is 4.68 Å². The normalized spacial score (nSPS) is 11.5. The van der Waals surface area contributed by atoms with Gasteiger partial charge in [0.25, 0.3) is 5.56 Å². The number of methoxy groups -OCH3 is 1. The lowest BCUT2D eigenvalue weighted by Crippen LogP contribution is -2.21. The number of carbonyl (C=O) groups excluding carboxylic acids is 1. The van der Waals surface area contributed by atoms with Crippen molar-refractivity contribution in [1.82, 2.24) is 9.66 Å². The fourth-order valence-corrected chi connectivity index (χ4v) is 4.96. The number of esters is 1. The van der Waals surface area contributed by atoms with Gasteiger partial charge in [0.2, 0.25) is 0 Å². The summed E-state index contributed by atoms with van der Waals surface area (Å²) in [6, 6.07) is 22.7. The predicted molar refractivity (Wildman–Crippen MR) is 166 cm³/mol. The zero-order chi connectivity index (χ0) is 29.8. The molecule has 0 aliphatic heterocycles. The number of aryl methyl sites for hydroxylation is 1. The van der Waals surface area contributed by atoms with Crippen molar-refractivity contribution in [3.05, 3.63) is 99.8 Å². The Hall–Kier alpha value is -4.98. The standard InChI is InChI=1S/C34H33N3O5/c1-6-41-32(38)20-42-30-16-15-23-11-7-8-12-24(23)28(30)19-35-37-33(36-29-14-10-9-13-25(29)34(37)39)27-18-26(21(2)3)31(40-5)17-22(27)4/h7-19,21H,6,20H2,1-5H3. The molecule has 0 amide bonds. The van der Waals surface area contributed by atoms with Gasteiger partial charge in [-0.1, -0.05) is 56.3 Å². The predicted octanol–water partition coefficient (Wildman–Crippen LogP) is 6.48. The minimum atomic E-state index is -0.471. The minimum absolute atomic E-state index is 0.179. The molecule has 0 spiro atoms. The van der Waals surface area contributed by atoms with Crippen molar-refractivity contribution in [2.75, 3.05) is 20.3 Å². The van der Waals surface area contributed by atoms with Gasteiger partial charge in [-0.3, -0.25) is 4.79 Å². The minimum Gasteiger partial charge on any atom is -0.496 e. The molecule has 0 saturated heterocycles. The average Bonchev–Trinajstić information content (AvgIpc) is 2.99. The van der Waals surface area contributed by atoms with E-state index in [-0.39, 0.29) is 24.7 Å². The van der Waals surface area contributed by atoms with Crippen LogP contribution in [0.15, 0.2) is 82.7 Å². The molecule has 0 saturated carbocycles. The van der Waals surface area contributed by atoms with Crippen molar-refractivity contribution < 1.29 is 19.0 Å². The highest BCUT2D eigenvalue weighted by molar-refractivity contribution is 6.02. The van der Waals surface area contributed by atoms with Crippen molar-refractivity contribution in [2.45, 2.75) is 33.6 Å². The van der Waals surface area contributed by atoms with Gasteiger partial charge in [-0.05, 0) is 72.0 Å². The summed E-state index contributed by atoms with van der Waals surface area (Å²) in [6.45, 7) is 7.90. The van der Waals surface area contributed by atoms with E-state index in [4.69, 9.17) is 24.3 Å². The van der Waals surface area contributed by atoms with E-state index in [0.29, 0.717) is 28.0 Å². The molecule has 5 aromatic rings. The molecule has 1 aromatic heterocycles. The van der Waals surface area contributed by atoms with Crippen LogP contribution >= 0.6 is 0 Å². The Labute approximate surface area is 244 Å². The summed E-state index contributed by atoms with van der Waals surface area (Å²) < 4.78 is 17.9. The van der Waals surface area contributed by atoms with Gasteiger partial charge in [0.05, 0.1) is 30.8 Å². The smallest absolute Gasteiger partial charge is 0.344 e. The van der Waals surface area contributed by atoms with Crippen LogP contribution in [-0.2, 0) is 9.53 Å². The lowest BCUT2D eigenvalue weighted by Gasteiger charge is -2.17. The number of ether oxygens (including phenoxy) is 3. The van der Waals surface area contributed by atoms with Crippen molar-refractivity contribution in [1.29, 1.82) is 0 Å². The van der Waals surface area contributed by atoms with E-state index in [2.05, 4.69) is 13.8 Å². The largest absolute Gasteiger partial charge is 0.496 e. The Morgan fingerprint density at radius 3 is 2.48 bits per heavy atom. The van der Waals surface area contributed by atoms with Crippen LogP contribution in [-0.4, -0.2) is 42.2 Å². The zero-order valence-electron chi connectivity index (χ0n) is 24.4. The van der Waals surface area contributed by atoms with E-state index < -0.39 is 5.97 Å². The van der Waals surface area contributed by atoms with E-state index in [1.54, 1.807) is 38.4 Å². The molecule has 0 fully saturated rings. The number of carbonyl (C=O) groups is 1. The molecule has 0 radical (unpaired) electrons. The number of hydrogen-bond acceptors (Lipinski definition) is 7. The second-order valence-electron chi connectivity index (χ2n) is 10.2. The van der Waals surface area contributed by atoms with E-state index in [0.717, 1.165) is 33.2 Å². The number of nitrogens with zero attached hydrogens (tertiary/aromatic N) is 3. The highest BCUT2D eigenvalue weighted by atomic mass is 16.6. The molecule has 214 valence electrons. The Morgan fingerprint density at radius 1 is 1.00 bits per heavy atom. The topological polar surface area (TPSA) is 92.0 Å². The fourth-order valence-electron chi connectivity index (χ4n) is 4.96. The first-order valence-corrected chi connectivity index (χ1v) is 13.9. The Morgan fingerprint density at radius 2 is 1.74 bits per heavy atom. The molecule has 0 aliphatic carbocycles. The van der Waals surface area contributed by atoms with Crippen LogP contribution in [0.4, 0.5) is 0 Å². The van der Waals surface area contributed by atoms with E-state index >= 15 is 0 Å².